The van der Waals surface area contributed by atoms with Crippen LogP contribution in [0.1, 0.15) is 27.2 Å². The van der Waals surface area contributed by atoms with E-state index in [1.165, 1.54) is 0 Å². The van der Waals surface area contributed by atoms with Crippen LogP contribution in [-0.2, 0) is 9.47 Å². The van der Waals surface area contributed by atoms with Gasteiger partial charge in [-0.15, -0.1) is 0 Å². The number of carbonyl (C=O) groups is 1. The van der Waals surface area contributed by atoms with E-state index in [1.807, 2.05) is 20.8 Å². The van der Waals surface area contributed by atoms with Crippen molar-refractivity contribution >= 4 is 6.09 Å². The van der Waals surface area contributed by atoms with E-state index >= 15 is 0 Å². The van der Waals surface area contributed by atoms with E-state index < -0.39 is 5.60 Å². The second kappa shape index (κ2) is 3.89. The first-order chi connectivity index (χ1) is 7.38. The normalized spacial score (nSPS) is 34.0. The maximum Gasteiger partial charge on any atom is 0.411 e. The summed E-state index contributed by atoms with van der Waals surface area (Å²) in [6, 6.07) is 0.0808. The molecule has 5 nitrogen and oxygen atoms in total. The Labute approximate surface area is 95.9 Å². The van der Waals surface area contributed by atoms with Crippen molar-refractivity contribution in [3.8, 4) is 0 Å². The molecule has 2 rings (SSSR count). The number of carbonyl (C=O) groups excluding carboxylic acids is 1. The van der Waals surface area contributed by atoms with Crippen LogP contribution in [0.3, 0.4) is 0 Å². The SMILES string of the molecule is CC(C)(C)OC(=O)N1[C@@H]2COC[C@H]1[C@@H](N)C2. The average molecular weight is 228 g/mol. The molecule has 2 aliphatic rings. The molecule has 0 aliphatic carbocycles. The number of nitrogens with two attached hydrogens (primary N) is 1. The number of fused-ring (bicyclic) bond motifs is 2. The standard InChI is InChI=1S/C11H20N2O3/c1-11(2,3)16-10(14)13-7-4-8(12)9(13)6-15-5-7/h7-9H,4-6,12H2,1-3H3/t7-,8-,9-/m0/s1. The molecule has 0 aromatic heterocycles. The van der Waals surface area contributed by atoms with Crippen LogP contribution in [0.4, 0.5) is 4.79 Å². The van der Waals surface area contributed by atoms with Crippen LogP contribution in [0.25, 0.3) is 0 Å². The second-order valence-electron chi connectivity index (χ2n) is 5.55. The van der Waals surface area contributed by atoms with Gasteiger partial charge in [0.15, 0.2) is 0 Å². The predicted octanol–water partition coefficient (Wildman–Crippen LogP) is 0.722. The fourth-order valence-corrected chi connectivity index (χ4v) is 2.34. The van der Waals surface area contributed by atoms with E-state index in [9.17, 15) is 4.79 Å². The highest BCUT2D eigenvalue weighted by atomic mass is 16.6. The largest absolute Gasteiger partial charge is 0.444 e. The molecular formula is C11H20N2O3. The molecular weight excluding hydrogens is 208 g/mol. The molecule has 92 valence electrons. The number of hydrogen-bond acceptors (Lipinski definition) is 4. The van der Waals surface area contributed by atoms with Gasteiger partial charge in [0.1, 0.15) is 5.60 Å². The number of morpholine rings is 1. The molecule has 16 heavy (non-hydrogen) atoms. The van der Waals surface area contributed by atoms with Crippen molar-refractivity contribution < 1.29 is 14.3 Å². The second-order valence-corrected chi connectivity index (χ2v) is 5.55. The lowest BCUT2D eigenvalue weighted by Gasteiger charge is -2.36. The lowest BCUT2D eigenvalue weighted by molar-refractivity contribution is -0.0380. The van der Waals surface area contributed by atoms with Gasteiger partial charge in [0.05, 0.1) is 25.3 Å². The number of rotatable bonds is 0. The first kappa shape index (κ1) is 11.7. The Morgan fingerprint density at radius 3 is 2.69 bits per heavy atom. The highest BCUT2D eigenvalue weighted by Crippen LogP contribution is 2.29. The molecule has 2 heterocycles. The van der Waals surface area contributed by atoms with Crippen LogP contribution < -0.4 is 5.73 Å². The molecule has 2 aliphatic heterocycles. The lowest BCUT2D eigenvalue weighted by atomic mass is 10.1. The Balaban J connectivity index is 2.07. The number of nitrogens with zero attached hydrogens (tertiary/aromatic N) is 1. The smallest absolute Gasteiger partial charge is 0.411 e. The van der Waals surface area contributed by atoms with Gasteiger partial charge in [-0.3, -0.25) is 4.90 Å². The van der Waals surface area contributed by atoms with Crippen LogP contribution in [0, 0.1) is 0 Å². The molecule has 2 bridgehead atoms. The lowest BCUT2D eigenvalue weighted by Crippen LogP contribution is -2.53. The third kappa shape index (κ3) is 2.15. The summed E-state index contributed by atoms with van der Waals surface area (Å²) < 4.78 is 10.8. The summed E-state index contributed by atoms with van der Waals surface area (Å²) in [6.07, 6.45) is 0.544. The van der Waals surface area contributed by atoms with E-state index in [4.69, 9.17) is 15.2 Å². The maximum atomic E-state index is 12.0. The van der Waals surface area contributed by atoms with E-state index in [0.717, 1.165) is 6.42 Å². The third-order valence-electron chi connectivity index (χ3n) is 2.99. The summed E-state index contributed by atoms with van der Waals surface area (Å²) in [4.78, 5) is 13.8. The Hall–Kier alpha value is -0.810. The van der Waals surface area contributed by atoms with Gasteiger partial charge in [-0.05, 0) is 27.2 Å². The zero-order valence-electron chi connectivity index (χ0n) is 10.1. The molecule has 0 aromatic carbocycles. The minimum Gasteiger partial charge on any atom is -0.444 e. The molecule has 0 radical (unpaired) electrons. The molecule has 5 heteroatoms. The summed E-state index contributed by atoms with van der Waals surface area (Å²) >= 11 is 0. The van der Waals surface area contributed by atoms with Crippen molar-refractivity contribution in [1.82, 2.24) is 4.90 Å². The fraction of sp³-hybridized carbons (Fsp3) is 0.909. The monoisotopic (exact) mass is 228 g/mol. The first-order valence-electron chi connectivity index (χ1n) is 5.73. The van der Waals surface area contributed by atoms with Crippen molar-refractivity contribution in [3.05, 3.63) is 0 Å². The minimum absolute atomic E-state index is 0.0139. The molecule has 2 N–H and O–H groups in total. The van der Waals surface area contributed by atoms with Gasteiger partial charge >= 0.3 is 6.09 Å². The highest BCUT2D eigenvalue weighted by Gasteiger charge is 2.46. The van der Waals surface area contributed by atoms with Gasteiger partial charge in [-0.1, -0.05) is 0 Å². The molecule has 2 fully saturated rings. The molecule has 3 atom stereocenters. The Kier molecular flexibility index (Phi) is 2.84. The number of ether oxygens (including phenoxy) is 2. The van der Waals surface area contributed by atoms with E-state index in [1.54, 1.807) is 4.90 Å². The van der Waals surface area contributed by atoms with Crippen molar-refractivity contribution in [2.24, 2.45) is 5.73 Å². The van der Waals surface area contributed by atoms with E-state index in [2.05, 4.69) is 0 Å². The average Bonchev–Trinajstić information content (AvgIpc) is 2.31. The number of amides is 1. The fourth-order valence-electron chi connectivity index (χ4n) is 2.34. The zero-order valence-corrected chi connectivity index (χ0v) is 10.1. The van der Waals surface area contributed by atoms with E-state index in [0.29, 0.717) is 13.2 Å². The van der Waals surface area contributed by atoms with Crippen LogP contribution in [0.5, 0.6) is 0 Å². The molecule has 0 spiro atoms. The summed E-state index contributed by atoms with van der Waals surface area (Å²) in [6.45, 7) is 6.70. The van der Waals surface area contributed by atoms with Crippen LogP contribution in [-0.4, -0.2) is 47.9 Å². The van der Waals surface area contributed by atoms with Crippen LogP contribution in [0.2, 0.25) is 0 Å². The zero-order chi connectivity index (χ0) is 11.9. The molecule has 0 saturated carbocycles. The summed E-state index contributed by atoms with van der Waals surface area (Å²) in [5, 5.41) is 0. The molecule has 2 saturated heterocycles. The summed E-state index contributed by atoms with van der Waals surface area (Å²) in [5.74, 6) is 0. The van der Waals surface area contributed by atoms with Crippen molar-refractivity contribution in [3.63, 3.8) is 0 Å². The molecule has 0 unspecified atom stereocenters. The molecule has 0 aromatic rings. The van der Waals surface area contributed by atoms with Gasteiger partial charge in [-0.2, -0.15) is 0 Å². The third-order valence-corrected chi connectivity index (χ3v) is 2.99. The molecule has 1 amide bonds. The van der Waals surface area contributed by atoms with Crippen LogP contribution >= 0.6 is 0 Å². The van der Waals surface area contributed by atoms with Crippen molar-refractivity contribution in [1.29, 1.82) is 0 Å². The van der Waals surface area contributed by atoms with E-state index in [-0.39, 0.29) is 24.2 Å². The van der Waals surface area contributed by atoms with Crippen molar-refractivity contribution in [2.75, 3.05) is 13.2 Å². The van der Waals surface area contributed by atoms with Crippen molar-refractivity contribution in [2.45, 2.75) is 50.9 Å². The predicted molar refractivity (Wildman–Crippen MR) is 59.1 cm³/mol. The number of hydrogen-bond donors (Lipinski definition) is 1. The maximum absolute atomic E-state index is 12.0. The van der Waals surface area contributed by atoms with Gasteiger partial charge in [0.25, 0.3) is 0 Å². The summed E-state index contributed by atoms with van der Waals surface area (Å²) in [5.41, 5.74) is 5.52. The summed E-state index contributed by atoms with van der Waals surface area (Å²) in [7, 11) is 0. The van der Waals surface area contributed by atoms with Gasteiger partial charge in [0.2, 0.25) is 0 Å². The van der Waals surface area contributed by atoms with Gasteiger partial charge in [-0.25, -0.2) is 4.79 Å². The Morgan fingerprint density at radius 1 is 1.44 bits per heavy atom. The quantitative estimate of drug-likeness (QED) is 0.663. The highest BCUT2D eigenvalue weighted by molar-refractivity contribution is 5.70. The Bertz CT molecular complexity index is 287. The van der Waals surface area contributed by atoms with Gasteiger partial charge in [0, 0.05) is 6.04 Å². The first-order valence-corrected chi connectivity index (χ1v) is 5.73. The Morgan fingerprint density at radius 2 is 2.12 bits per heavy atom. The topological polar surface area (TPSA) is 64.8 Å². The minimum atomic E-state index is -0.459. The van der Waals surface area contributed by atoms with Crippen LogP contribution in [0.15, 0.2) is 0 Å². The van der Waals surface area contributed by atoms with Gasteiger partial charge < -0.3 is 15.2 Å².